The number of ether oxygens (including phenoxy) is 2. The zero-order valence-corrected chi connectivity index (χ0v) is 22.3. The Labute approximate surface area is 212 Å². The molecule has 1 aromatic carbocycles. The molecule has 1 aliphatic heterocycles. The highest BCUT2D eigenvalue weighted by molar-refractivity contribution is 7.17. The lowest BCUT2D eigenvalue weighted by Gasteiger charge is -2.33. The molecule has 1 aliphatic carbocycles. The number of fused-ring (bicyclic) bond motifs is 1. The summed E-state index contributed by atoms with van der Waals surface area (Å²) < 4.78 is 10.7. The van der Waals surface area contributed by atoms with E-state index in [-0.39, 0.29) is 17.2 Å². The second-order valence-corrected chi connectivity index (χ2v) is 11.7. The van der Waals surface area contributed by atoms with E-state index in [9.17, 15) is 9.59 Å². The summed E-state index contributed by atoms with van der Waals surface area (Å²) in [7, 11) is 3.15. The van der Waals surface area contributed by atoms with Gasteiger partial charge in [-0.15, -0.1) is 11.3 Å². The molecule has 2 aromatic rings. The minimum atomic E-state index is -0.225. The molecule has 2 aliphatic rings. The Hall–Kier alpha value is -2.58. The van der Waals surface area contributed by atoms with Crippen molar-refractivity contribution in [1.82, 2.24) is 4.90 Å². The van der Waals surface area contributed by atoms with Gasteiger partial charge in [0.2, 0.25) is 5.91 Å². The van der Waals surface area contributed by atoms with Gasteiger partial charge < -0.3 is 20.1 Å². The van der Waals surface area contributed by atoms with E-state index >= 15 is 0 Å². The van der Waals surface area contributed by atoms with E-state index in [1.807, 2.05) is 0 Å². The number of rotatable bonds is 7. The summed E-state index contributed by atoms with van der Waals surface area (Å²) in [4.78, 5) is 29.9. The summed E-state index contributed by atoms with van der Waals surface area (Å²) in [6.45, 7) is 9.09. The maximum Gasteiger partial charge on any atom is 0.259 e. The third-order valence-electron chi connectivity index (χ3n) is 7.19. The van der Waals surface area contributed by atoms with Gasteiger partial charge >= 0.3 is 0 Å². The normalized spacial score (nSPS) is 18.1. The number of benzene rings is 1. The third-order valence-corrected chi connectivity index (χ3v) is 8.36. The van der Waals surface area contributed by atoms with E-state index in [0.29, 0.717) is 40.2 Å². The van der Waals surface area contributed by atoms with Gasteiger partial charge in [0.25, 0.3) is 5.91 Å². The van der Waals surface area contributed by atoms with Crippen LogP contribution in [0.2, 0.25) is 0 Å². The summed E-state index contributed by atoms with van der Waals surface area (Å²) >= 11 is 1.56. The van der Waals surface area contributed by atoms with Crippen molar-refractivity contribution in [1.29, 1.82) is 0 Å². The van der Waals surface area contributed by atoms with Crippen LogP contribution in [-0.4, -0.2) is 50.6 Å². The van der Waals surface area contributed by atoms with Gasteiger partial charge in [-0.2, -0.15) is 0 Å². The van der Waals surface area contributed by atoms with Gasteiger partial charge in [-0.25, -0.2) is 0 Å². The van der Waals surface area contributed by atoms with Gasteiger partial charge in [-0.3, -0.25) is 14.5 Å². The average molecular weight is 500 g/mol. The lowest BCUT2D eigenvalue weighted by atomic mass is 9.72. The smallest absolute Gasteiger partial charge is 0.259 e. The first-order valence-corrected chi connectivity index (χ1v) is 13.2. The van der Waals surface area contributed by atoms with Crippen LogP contribution in [0.1, 0.15) is 60.8 Å². The minimum absolute atomic E-state index is 0.0612. The lowest BCUT2D eigenvalue weighted by molar-refractivity contribution is -0.117. The second kappa shape index (κ2) is 10.6. The zero-order chi connectivity index (χ0) is 25.2. The average Bonchev–Trinajstić information content (AvgIpc) is 3.45. The number of likely N-dealkylation sites (tertiary alicyclic amines) is 1. The van der Waals surface area contributed by atoms with E-state index in [0.717, 1.165) is 50.8 Å². The van der Waals surface area contributed by atoms with E-state index in [1.54, 1.807) is 43.8 Å². The molecule has 0 spiro atoms. The molecule has 7 nitrogen and oxygen atoms in total. The topological polar surface area (TPSA) is 79.9 Å². The molecule has 0 radical (unpaired) electrons. The fourth-order valence-corrected chi connectivity index (χ4v) is 6.39. The van der Waals surface area contributed by atoms with Gasteiger partial charge in [0.1, 0.15) is 16.5 Å². The molecule has 0 unspecified atom stereocenters. The van der Waals surface area contributed by atoms with Crippen LogP contribution in [0.3, 0.4) is 0 Å². The number of nitrogens with one attached hydrogen (secondary N) is 2. The van der Waals surface area contributed by atoms with Crippen molar-refractivity contribution < 1.29 is 19.1 Å². The summed E-state index contributed by atoms with van der Waals surface area (Å²) in [6, 6.07) is 5.30. The highest BCUT2D eigenvalue weighted by Crippen LogP contribution is 2.44. The number of carbonyl (C=O) groups is 2. The van der Waals surface area contributed by atoms with Crippen LogP contribution >= 0.6 is 11.3 Å². The number of nitrogens with zero attached hydrogens (tertiary/aromatic N) is 1. The number of anilines is 2. The first kappa shape index (κ1) is 25.5. The van der Waals surface area contributed by atoms with Crippen molar-refractivity contribution in [3.63, 3.8) is 0 Å². The van der Waals surface area contributed by atoms with Crippen LogP contribution < -0.4 is 20.1 Å². The highest BCUT2D eigenvalue weighted by Gasteiger charge is 2.34. The van der Waals surface area contributed by atoms with Crippen molar-refractivity contribution in [2.75, 3.05) is 44.5 Å². The van der Waals surface area contributed by atoms with Gasteiger partial charge in [-0.1, -0.05) is 20.8 Å². The Bertz CT molecular complexity index is 1080. The predicted octanol–water partition coefficient (Wildman–Crippen LogP) is 5.20. The second-order valence-electron chi connectivity index (χ2n) is 10.6. The summed E-state index contributed by atoms with van der Waals surface area (Å²) in [5.74, 6) is 1.43. The Balaban J connectivity index is 1.63. The molecule has 4 rings (SSSR count). The molecule has 1 atom stereocenters. The van der Waals surface area contributed by atoms with Crippen LogP contribution in [0.4, 0.5) is 10.7 Å². The van der Waals surface area contributed by atoms with E-state index in [1.165, 1.54) is 4.88 Å². The number of amides is 2. The first-order chi connectivity index (χ1) is 16.7. The fraction of sp³-hybridized carbons (Fsp3) is 0.556. The van der Waals surface area contributed by atoms with Gasteiger partial charge in [-0.05, 0) is 74.2 Å². The summed E-state index contributed by atoms with van der Waals surface area (Å²) in [5, 5.41) is 6.76. The number of hydrogen-bond acceptors (Lipinski definition) is 6. The van der Waals surface area contributed by atoms with Crippen LogP contribution in [0.15, 0.2) is 18.2 Å². The summed E-state index contributed by atoms with van der Waals surface area (Å²) in [6.07, 6.45) is 5.05. The van der Waals surface area contributed by atoms with Crippen molar-refractivity contribution in [2.24, 2.45) is 11.3 Å². The monoisotopic (exact) mass is 499 g/mol. The molecule has 1 saturated heterocycles. The largest absolute Gasteiger partial charge is 0.497 e. The summed E-state index contributed by atoms with van der Waals surface area (Å²) in [5.41, 5.74) is 2.41. The molecule has 190 valence electrons. The molecule has 1 fully saturated rings. The molecular weight excluding hydrogens is 462 g/mol. The molecule has 2 N–H and O–H groups in total. The van der Waals surface area contributed by atoms with E-state index < -0.39 is 0 Å². The Morgan fingerprint density at radius 2 is 1.86 bits per heavy atom. The van der Waals surface area contributed by atoms with Crippen molar-refractivity contribution in [2.45, 2.75) is 52.9 Å². The molecule has 35 heavy (non-hydrogen) atoms. The lowest BCUT2D eigenvalue weighted by Crippen LogP contribution is -2.31. The van der Waals surface area contributed by atoms with Gasteiger partial charge in [0, 0.05) is 10.9 Å². The molecule has 2 heterocycles. The standard InChI is InChI=1S/C27H37N3O4S/c1-27(2,3)17-8-10-19-22(14-17)35-26(29-23(31)16-30-12-6-7-13-30)24(19)25(32)28-20-11-9-18(33-4)15-21(20)34-5/h9,11,15,17H,6-8,10,12-14,16H2,1-5H3,(H,28,32)(H,29,31)/t17-/m1/s1. The van der Waals surface area contributed by atoms with Crippen LogP contribution in [0.25, 0.3) is 0 Å². The Morgan fingerprint density at radius 1 is 1.11 bits per heavy atom. The van der Waals surface area contributed by atoms with Crippen molar-refractivity contribution >= 4 is 33.8 Å². The third kappa shape index (κ3) is 5.81. The van der Waals surface area contributed by atoms with Crippen molar-refractivity contribution in [3.8, 4) is 11.5 Å². The molecular formula is C27H37N3O4S. The fourth-order valence-electron chi connectivity index (χ4n) is 5.05. The molecule has 0 bridgehead atoms. The van der Waals surface area contributed by atoms with Crippen LogP contribution in [0.5, 0.6) is 11.5 Å². The van der Waals surface area contributed by atoms with Gasteiger partial charge in [0.15, 0.2) is 0 Å². The maximum absolute atomic E-state index is 13.6. The molecule has 0 saturated carbocycles. The molecule has 2 amide bonds. The highest BCUT2D eigenvalue weighted by atomic mass is 32.1. The van der Waals surface area contributed by atoms with Crippen LogP contribution in [0, 0.1) is 11.3 Å². The number of methoxy groups -OCH3 is 2. The van der Waals surface area contributed by atoms with Gasteiger partial charge in [0.05, 0.1) is 32.0 Å². The van der Waals surface area contributed by atoms with E-state index in [4.69, 9.17) is 9.47 Å². The molecule has 1 aromatic heterocycles. The first-order valence-electron chi connectivity index (χ1n) is 12.4. The molecule has 8 heteroatoms. The number of carbonyl (C=O) groups excluding carboxylic acids is 2. The number of hydrogen-bond donors (Lipinski definition) is 2. The Kier molecular flexibility index (Phi) is 7.71. The zero-order valence-electron chi connectivity index (χ0n) is 21.5. The van der Waals surface area contributed by atoms with E-state index in [2.05, 4.69) is 36.3 Å². The SMILES string of the molecule is COc1ccc(NC(=O)c2c(NC(=O)CN3CCCC3)sc3c2CC[C@@H](C(C)(C)C)C3)c(OC)c1. The van der Waals surface area contributed by atoms with Crippen LogP contribution in [-0.2, 0) is 17.6 Å². The maximum atomic E-state index is 13.6. The Morgan fingerprint density at radius 3 is 2.51 bits per heavy atom. The number of thiophene rings is 1. The van der Waals surface area contributed by atoms with Crippen molar-refractivity contribution in [3.05, 3.63) is 34.2 Å². The predicted molar refractivity (Wildman–Crippen MR) is 141 cm³/mol. The minimum Gasteiger partial charge on any atom is -0.497 e. The quantitative estimate of drug-likeness (QED) is 0.547.